The molecule has 0 spiro atoms. The van der Waals surface area contributed by atoms with Crippen LogP contribution < -0.4 is 5.32 Å². The molecule has 2 atom stereocenters. The van der Waals surface area contributed by atoms with E-state index in [0.29, 0.717) is 22.8 Å². The molecule has 0 aliphatic heterocycles. The Morgan fingerprint density at radius 1 is 1.32 bits per heavy atom. The molecule has 2 N–H and O–H groups in total. The first kappa shape index (κ1) is 18.8. The third-order valence-corrected chi connectivity index (χ3v) is 5.15. The van der Waals surface area contributed by atoms with Gasteiger partial charge in [0.2, 0.25) is 0 Å². The number of hydrogen-bond acceptors (Lipinski definition) is 3. The van der Waals surface area contributed by atoms with E-state index in [2.05, 4.69) is 5.32 Å². The van der Waals surface area contributed by atoms with Gasteiger partial charge in [-0.1, -0.05) is 46.8 Å². The molecule has 1 amide bonds. The molecule has 0 aliphatic carbocycles. The van der Waals surface area contributed by atoms with Gasteiger partial charge < -0.3 is 10.4 Å². The van der Waals surface area contributed by atoms with Gasteiger partial charge in [0.15, 0.2) is 0 Å². The van der Waals surface area contributed by atoms with Crippen LogP contribution >= 0.6 is 0 Å². The first-order valence-electron chi connectivity index (χ1n) is 7.64. The van der Waals surface area contributed by atoms with Crippen molar-refractivity contribution < 1.29 is 14.1 Å². The van der Waals surface area contributed by atoms with Crippen LogP contribution in [-0.2, 0) is 10.8 Å². The first-order valence-corrected chi connectivity index (χ1v) is 8.96. The maximum Gasteiger partial charge on any atom is 0.252 e. The molecule has 0 saturated carbocycles. The van der Waals surface area contributed by atoms with Crippen LogP contribution in [0.2, 0.25) is 0 Å². The molecule has 1 aromatic rings. The van der Waals surface area contributed by atoms with Crippen LogP contribution in [0.15, 0.2) is 29.2 Å². The molecule has 5 heteroatoms. The van der Waals surface area contributed by atoms with E-state index >= 15 is 0 Å². The van der Waals surface area contributed by atoms with Crippen LogP contribution in [0.5, 0.6) is 0 Å². The molecule has 1 rings (SSSR count). The predicted octanol–water partition coefficient (Wildman–Crippen LogP) is 2.59. The van der Waals surface area contributed by atoms with Crippen LogP contribution in [0.25, 0.3) is 0 Å². The van der Waals surface area contributed by atoms with Crippen LogP contribution in [0.3, 0.4) is 0 Å². The van der Waals surface area contributed by atoms with Gasteiger partial charge in [-0.05, 0) is 18.1 Å². The van der Waals surface area contributed by atoms with Gasteiger partial charge in [0.25, 0.3) is 5.91 Å². The van der Waals surface area contributed by atoms with E-state index in [-0.39, 0.29) is 11.8 Å². The maximum absolute atomic E-state index is 12.4. The van der Waals surface area contributed by atoms with Crippen molar-refractivity contribution in [2.75, 3.05) is 12.3 Å². The molecule has 0 aromatic heterocycles. The Hall–Kier alpha value is -1.20. The zero-order valence-electron chi connectivity index (χ0n) is 14.1. The van der Waals surface area contributed by atoms with E-state index in [1.165, 1.54) is 0 Å². The van der Waals surface area contributed by atoms with Gasteiger partial charge in [-0.25, -0.2) is 0 Å². The highest BCUT2D eigenvalue weighted by Crippen LogP contribution is 2.25. The highest BCUT2D eigenvalue weighted by Gasteiger charge is 2.30. The van der Waals surface area contributed by atoms with Gasteiger partial charge in [-0.15, -0.1) is 0 Å². The van der Waals surface area contributed by atoms with Gasteiger partial charge in [0.1, 0.15) is 0 Å². The van der Waals surface area contributed by atoms with E-state index in [1.54, 1.807) is 24.3 Å². The van der Waals surface area contributed by atoms with Crippen molar-refractivity contribution in [2.45, 2.75) is 45.6 Å². The summed E-state index contributed by atoms with van der Waals surface area (Å²) in [4.78, 5) is 13.0. The summed E-state index contributed by atoms with van der Waals surface area (Å²) in [5.74, 6) is 0.343. The highest BCUT2D eigenvalue weighted by atomic mass is 32.2. The molecular weight excluding hydrogens is 298 g/mol. The third kappa shape index (κ3) is 4.65. The Balaban J connectivity index is 2.85. The lowest BCUT2D eigenvalue weighted by Gasteiger charge is -2.33. The largest absolute Gasteiger partial charge is 0.392 e. The molecule has 0 heterocycles. The molecule has 124 valence electrons. The second-order valence-corrected chi connectivity index (χ2v) is 8.20. The Labute approximate surface area is 135 Å². The summed E-state index contributed by atoms with van der Waals surface area (Å²) in [5, 5.41) is 13.1. The lowest BCUT2D eigenvalue weighted by Crippen LogP contribution is -2.43. The average molecular weight is 325 g/mol. The molecular formula is C17H27NO3S. The first-order chi connectivity index (χ1) is 10.2. The van der Waals surface area contributed by atoms with Crippen molar-refractivity contribution in [3.05, 3.63) is 29.8 Å². The van der Waals surface area contributed by atoms with Crippen LogP contribution in [-0.4, -0.2) is 33.6 Å². The molecule has 2 unspecified atom stereocenters. The number of carbonyl (C=O) groups excluding carboxylic acids is 1. The summed E-state index contributed by atoms with van der Waals surface area (Å²) in [6.07, 6.45) is -0.507. The van der Waals surface area contributed by atoms with E-state index in [1.807, 2.05) is 34.6 Å². The summed E-state index contributed by atoms with van der Waals surface area (Å²) in [5.41, 5.74) is 0.0142. The van der Waals surface area contributed by atoms with Crippen molar-refractivity contribution in [3.8, 4) is 0 Å². The van der Waals surface area contributed by atoms with Crippen LogP contribution in [0.4, 0.5) is 0 Å². The zero-order valence-corrected chi connectivity index (χ0v) is 14.9. The lowest BCUT2D eigenvalue weighted by atomic mass is 9.80. The number of benzene rings is 1. The topological polar surface area (TPSA) is 66.4 Å². The summed E-state index contributed by atoms with van der Waals surface area (Å²) < 4.78 is 12.0. The molecule has 0 aliphatic rings. The van der Waals surface area contributed by atoms with Crippen molar-refractivity contribution in [3.63, 3.8) is 0 Å². The molecule has 0 saturated heterocycles. The summed E-state index contributed by atoms with van der Waals surface area (Å²) in [6, 6.07) is 6.96. The lowest BCUT2D eigenvalue weighted by molar-refractivity contribution is 0.0138. The number of aliphatic hydroxyl groups is 1. The normalized spacial score (nSPS) is 14.7. The number of nitrogens with one attached hydrogen (secondary N) is 1. The highest BCUT2D eigenvalue weighted by molar-refractivity contribution is 7.85. The van der Waals surface area contributed by atoms with Gasteiger partial charge in [0, 0.05) is 17.7 Å². The molecule has 22 heavy (non-hydrogen) atoms. The van der Waals surface area contributed by atoms with Crippen molar-refractivity contribution in [1.82, 2.24) is 5.32 Å². The van der Waals surface area contributed by atoms with Gasteiger partial charge in [-0.3, -0.25) is 9.00 Å². The number of rotatable bonds is 7. The zero-order chi connectivity index (χ0) is 16.9. The van der Waals surface area contributed by atoms with Crippen LogP contribution in [0, 0.1) is 11.3 Å². The molecule has 0 radical (unpaired) electrons. The fourth-order valence-electron chi connectivity index (χ4n) is 2.42. The smallest absolute Gasteiger partial charge is 0.252 e. The standard InChI is InChI=1S/C17H27NO3S/c1-6-22(21)14-10-8-7-9-13(14)16(20)18-11-17(4,5)15(19)12(2)3/h7-10,12,15,19H,6,11H2,1-5H3,(H,18,20). The molecule has 0 fully saturated rings. The van der Waals surface area contributed by atoms with Crippen molar-refractivity contribution in [1.29, 1.82) is 0 Å². The summed E-state index contributed by atoms with van der Waals surface area (Å²) in [6.45, 7) is 9.94. The van der Waals surface area contributed by atoms with E-state index in [0.717, 1.165) is 0 Å². The molecule has 1 aromatic carbocycles. The number of carbonyl (C=O) groups is 1. The number of aliphatic hydroxyl groups excluding tert-OH is 1. The van der Waals surface area contributed by atoms with Crippen molar-refractivity contribution in [2.24, 2.45) is 11.3 Å². The van der Waals surface area contributed by atoms with Crippen LogP contribution in [0.1, 0.15) is 45.0 Å². The number of hydrogen-bond donors (Lipinski definition) is 2. The summed E-state index contributed by atoms with van der Waals surface area (Å²) >= 11 is 0. The van der Waals surface area contributed by atoms with Crippen molar-refractivity contribution >= 4 is 16.7 Å². The minimum atomic E-state index is -1.17. The van der Waals surface area contributed by atoms with E-state index in [4.69, 9.17) is 0 Å². The number of amides is 1. The van der Waals surface area contributed by atoms with Gasteiger partial charge >= 0.3 is 0 Å². The second kappa shape index (κ2) is 7.88. The monoisotopic (exact) mass is 325 g/mol. The van der Waals surface area contributed by atoms with E-state index < -0.39 is 22.3 Å². The Morgan fingerprint density at radius 2 is 1.91 bits per heavy atom. The minimum absolute atomic E-state index is 0.117. The molecule has 0 bridgehead atoms. The fraction of sp³-hybridized carbons (Fsp3) is 0.588. The second-order valence-electron chi connectivity index (χ2n) is 6.49. The Bertz CT molecular complexity index is 540. The third-order valence-electron chi connectivity index (χ3n) is 3.78. The SMILES string of the molecule is CCS(=O)c1ccccc1C(=O)NCC(C)(C)C(O)C(C)C. The van der Waals surface area contributed by atoms with Gasteiger partial charge in [-0.2, -0.15) is 0 Å². The average Bonchev–Trinajstić information content (AvgIpc) is 2.50. The summed E-state index contributed by atoms with van der Waals surface area (Å²) in [7, 11) is -1.17. The fourth-order valence-corrected chi connectivity index (χ4v) is 3.37. The van der Waals surface area contributed by atoms with E-state index in [9.17, 15) is 14.1 Å². The quantitative estimate of drug-likeness (QED) is 0.810. The maximum atomic E-state index is 12.4. The van der Waals surface area contributed by atoms with Gasteiger partial charge in [0.05, 0.1) is 27.4 Å². The Kier molecular flexibility index (Phi) is 6.75. The minimum Gasteiger partial charge on any atom is -0.392 e. The molecule has 4 nitrogen and oxygen atoms in total. The Morgan fingerprint density at radius 3 is 2.45 bits per heavy atom. The predicted molar refractivity (Wildman–Crippen MR) is 90.4 cm³/mol.